The zero-order chi connectivity index (χ0) is 14.8. The van der Waals surface area contributed by atoms with Crippen molar-refractivity contribution in [3.63, 3.8) is 0 Å². The third-order valence-electron chi connectivity index (χ3n) is 3.02. The number of rotatable bonds is 4. The molecular weight excluding hydrogens is 286 g/mol. The number of benzene rings is 2. The van der Waals surface area contributed by atoms with E-state index in [4.69, 9.17) is 9.84 Å². The minimum atomic E-state index is -0.986. The van der Waals surface area contributed by atoms with E-state index in [9.17, 15) is 4.79 Å². The lowest BCUT2D eigenvalue weighted by atomic mass is 10.2. The minimum Gasteiger partial charge on any atom is -0.482 e. The van der Waals surface area contributed by atoms with Crippen molar-refractivity contribution in [1.29, 1.82) is 0 Å². The molecule has 0 atom stereocenters. The lowest BCUT2D eigenvalue weighted by Crippen LogP contribution is -2.09. The summed E-state index contributed by atoms with van der Waals surface area (Å²) in [7, 11) is 0. The first-order valence-corrected chi connectivity index (χ1v) is 7.26. The highest BCUT2D eigenvalue weighted by atomic mass is 32.1. The maximum atomic E-state index is 10.5. The molecular formula is C16H13NO3S. The molecule has 4 nitrogen and oxygen atoms in total. The van der Waals surface area contributed by atoms with Crippen molar-refractivity contribution in [1.82, 2.24) is 4.98 Å². The van der Waals surface area contributed by atoms with Crippen LogP contribution in [0.4, 0.5) is 0 Å². The van der Waals surface area contributed by atoms with Crippen LogP contribution in [-0.2, 0) is 4.79 Å². The first kappa shape index (κ1) is 13.6. The second kappa shape index (κ2) is 5.54. The van der Waals surface area contributed by atoms with Gasteiger partial charge in [0.25, 0.3) is 0 Å². The number of fused-ring (bicyclic) bond motifs is 1. The molecule has 0 radical (unpaired) electrons. The number of thiazole rings is 1. The SMILES string of the molecule is Cc1ccc(-c2nc3ccc(OCC(=O)O)cc3s2)cc1. The Balaban J connectivity index is 1.92. The summed E-state index contributed by atoms with van der Waals surface area (Å²) in [6, 6.07) is 13.6. The monoisotopic (exact) mass is 299 g/mol. The van der Waals surface area contributed by atoms with E-state index in [-0.39, 0.29) is 6.61 Å². The van der Waals surface area contributed by atoms with Gasteiger partial charge < -0.3 is 9.84 Å². The molecule has 21 heavy (non-hydrogen) atoms. The Kier molecular flexibility index (Phi) is 3.58. The van der Waals surface area contributed by atoms with Gasteiger partial charge in [0.05, 0.1) is 10.2 Å². The van der Waals surface area contributed by atoms with Crippen molar-refractivity contribution < 1.29 is 14.6 Å². The molecule has 3 rings (SSSR count). The molecule has 0 saturated carbocycles. The molecule has 1 N–H and O–H groups in total. The molecule has 0 unspecified atom stereocenters. The predicted molar refractivity (Wildman–Crippen MR) is 82.9 cm³/mol. The first-order chi connectivity index (χ1) is 10.1. The van der Waals surface area contributed by atoms with Crippen LogP contribution in [0.25, 0.3) is 20.8 Å². The highest BCUT2D eigenvalue weighted by molar-refractivity contribution is 7.21. The van der Waals surface area contributed by atoms with Crippen molar-refractivity contribution in [2.45, 2.75) is 6.92 Å². The van der Waals surface area contributed by atoms with Gasteiger partial charge in [0.1, 0.15) is 10.8 Å². The van der Waals surface area contributed by atoms with E-state index < -0.39 is 5.97 Å². The molecule has 0 saturated heterocycles. The molecule has 0 fully saturated rings. The summed E-state index contributed by atoms with van der Waals surface area (Å²) < 4.78 is 6.17. The number of carbonyl (C=O) groups is 1. The van der Waals surface area contributed by atoms with Gasteiger partial charge in [0.2, 0.25) is 0 Å². The Morgan fingerprint density at radius 3 is 2.71 bits per heavy atom. The maximum absolute atomic E-state index is 10.5. The Labute approximate surface area is 125 Å². The number of hydrogen-bond donors (Lipinski definition) is 1. The van der Waals surface area contributed by atoms with Gasteiger partial charge in [-0.05, 0) is 25.1 Å². The van der Waals surface area contributed by atoms with Crippen LogP contribution < -0.4 is 4.74 Å². The fourth-order valence-corrected chi connectivity index (χ4v) is 2.96. The van der Waals surface area contributed by atoms with Crippen LogP contribution >= 0.6 is 11.3 Å². The number of aliphatic carboxylic acids is 1. The van der Waals surface area contributed by atoms with Crippen molar-refractivity contribution in [2.75, 3.05) is 6.61 Å². The van der Waals surface area contributed by atoms with E-state index in [1.165, 1.54) is 5.56 Å². The largest absolute Gasteiger partial charge is 0.482 e. The third-order valence-corrected chi connectivity index (χ3v) is 4.09. The Hall–Kier alpha value is -2.40. The van der Waals surface area contributed by atoms with Crippen LogP contribution in [0, 0.1) is 6.92 Å². The molecule has 1 aromatic heterocycles. The quantitative estimate of drug-likeness (QED) is 0.797. The number of ether oxygens (including phenoxy) is 1. The van der Waals surface area contributed by atoms with Crippen LogP contribution in [0.3, 0.4) is 0 Å². The molecule has 106 valence electrons. The molecule has 0 bridgehead atoms. The molecule has 5 heteroatoms. The summed E-state index contributed by atoms with van der Waals surface area (Å²) in [4.78, 5) is 15.1. The average Bonchev–Trinajstić information content (AvgIpc) is 2.88. The van der Waals surface area contributed by atoms with Gasteiger partial charge in [-0.25, -0.2) is 9.78 Å². The van der Waals surface area contributed by atoms with E-state index in [0.717, 1.165) is 20.8 Å². The van der Waals surface area contributed by atoms with Gasteiger partial charge in [-0.3, -0.25) is 0 Å². The second-order valence-electron chi connectivity index (χ2n) is 4.70. The van der Waals surface area contributed by atoms with Crippen molar-refractivity contribution in [3.05, 3.63) is 48.0 Å². The highest BCUT2D eigenvalue weighted by Gasteiger charge is 2.08. The molecule has 2 aromatic carbocycles. The van der Waals surface area contributed by atoms with Gasteiger partial charge in [0.15, 0.2) is 6.61 Å². The Bertz CT molecular complexity index is 793. The maximum Gasteiger partial charge on any atom is 0.341 e. The molecule has 0 spiro atoms. The Morgan fingerprint density at radius 2 is 2.00 bits per heavy atom. The number of carboxylic acid groups (broad SMARTS) is 1. The standard InChI is InChI=1S/C16H13NO3S/c1-10-2-4-11(5-3-10)16-17-13-7-6-12(8-14(13)21-16)20-9-15(18)19/h2-8H,9H2,1H3,(H,18,19). The normalized spacial score (nSPS) is 10.7. The molecule has 0 amide bonds. The summed E-state index contributed by atoms with van der Waals surface area (Å²) in [5, 5.41) is 9.57. The average molecular weight is 299 g/mol. The van der Waals surface area contributed by atoms with Crippen LogP contribution in [-0.4, -0.2) is 22.7 Å². The fraction of sp³-hybridized carbons (Fsp3) is 0.125. The smallest absolute Gasteiger partial charge is 0.341 e. The molecule has 1 heterocycles. The van der Waals surface area contributed by atoms with E-state index in [0.29, 0.717) is 5.75 Å². The van der Waals surface area contributed by atoms with Gasteiger partial charge in [-0.2, -0.15) is 0 Å². The van der Waals surface area contributed by atoms with Crippen LogP contribution in [0.5, 0.6) is 5.75 Å². The fourth-order valence-electron chi connectivity index (χ4n) is 1.96. The van der Waals surface area contributed by atoms with Gasteiger partial charge in [-0.1, -0.05) is 29.8 Å². The number of hydrogen-bond acceptors (Lipinski definition) is 4. The van der Waals surface area contributed by atoms with Gasteiger partial charge >= 0.3 is 5.97 Å². The van der Waals surface area contributed by atoms with Crippen LogP contribution in [0.15, 0.2) is 42.5 Å². The Morgan fingerprint density at radius 1 is 1.24 bits per heavy atom. The number of aromatic nitrogens is 1. The minimum absolute atomic E-state index is 0.338. The summed E-state index contributed by atoms with van der Waals surface area (Å²) in [5.74, 6) is -0.441. The lowest BCUT2D eigenvalue weighted by molar-refractivity contribution is -0.139. The molecule has 0 aliphatic rings. The number of aryl methyl sites for hydroxylation is 1. The van der Waals surface area contributed by atoms with E-state index in [2.05, 4.69) is 29.2 Å². The van der Waals surface area contributed by atoms with Crippen molar-refractivity contribution in [3.8, 4) is 16.3 Å². The summed E-state index contributed by atoms with van der Waals surface area (Å²) >= 11 is 1.57. The third kappa shape index (κ3) is 3.03. The number of carboxylic acids is 1. The lowest BCUT2D eigenvalue weighted by Gasteiger charge is -2.01. The van der Waals surface area contributed by atoms with Crippen LogP contribution in [0.2, 0.25) is 0 Å². The van der Waals surface area contributed by atoms with E-state index in [1.54, 1.807) is 17.4 Å². The van der Waals surface area contributed by atoms with Crippen molar-refractivity contribution in [2.24, 2.45) is 0 Å². The van der Waals surface area contributed by atoms with Crippen molar-refractivity contribution >= 4 is 27.5 Å². The van der Waals surface area contributed by atoms with Gasteiger partial charge in [0, 0.05) is 5.56 Å². The van der Waals surface area contributed by atoms with E-state index in [1.807, 2.05) is 19.1 Å². The molecule has 0 aliphatic heterocycles. The van der Waals surface area contributed by atoms with Gasteiger partial charge in [-0.15, -0.1) is 11.3 Å². The zero-order valence-corrected chi connectivity index (χ0v) is 12.2. The summed E-state index contributed by atoms with van der Waals surface area (Å²) in [6.07, 6.45) is 0. The number of nitrogens with zero attached hydrogens (tertiary/aromatic N) is 1. The van der Waals surface area contributed by atoms with E-state index >= 15 is 0 Å². The first-order valence-electron chi connectivity index (χ1n) is 6.44. The topological polar surface area (TPSA) is 59.4 Å². The molecule has 0 aliphatic carbocycles. The zero-order valence-electron chi connectivity index (χ0n) is 11.4. The van der Waals surface area contributed by atoms with Crippen LogP contribution in [0.1, 0.15) is 5.56 Å². The summed E-state index contributed by atoms with van der Waals surface area (Å²) in [5.41, 5.74) is 3.18. The highest BCUT2D eigenvalue weighted by Crippen LogP contribution is 2.32. The molecule has 3 aromatic rings. The second-order valence-corrected chi connectivity index (χ2v) is 5.73. The predicted octanol–water partition coefficient (Wildman–Crippen LogP) is 3.74. The summed E-state index contributed by atoms with van der Waals surface area (Å²) in [6.45, 7) is 1.71.